The lowest BCUT2D eigenvalue weighted by Crippen LogP contribution is -2.38. The van der Waals surface area contributed by atoms with Gasteiger partial charge in [0.2, 0.25) is 0 Å². The number of aromatic nitrogens is 1. The highest BCUT2D eigenvalue weighted by Gasteiger charge is 2.33. The van der Waals surface area contributed by atoms with Gasteiger partial charge in [-0.05, 0) is 13.2 Å². The largest absolute Gasteiger partial charge is 0.434 e. The van der Waals surface area contributed by atoms with Crippen LogP contribution in [0, 0.1) is 0 Å². The molecule has 2 N–H and O–H groups in total. The summed E-state index contributed by atoms with van der Waals surface area (Å²) < 4.78 is 37.3. The molecular formula is C12H20F3IN4S2. The molecule has 128 valence electrons. The number of thiazole rings is 1. The van der Waals surface area contributed by atoms with Gasteiger partial charge in [-0.15, -0.1) is 35.3 Å². The maximum Gasteiger partial charge on any atom is 0.434 e. The zero-order valence-corrected chi connectivity index (χ0v) is 16.3. The molecule has 0 amide bonds. The van der Waals surface area contributed by atoms with Crippen molar-refractivity contribution in [3.05, 3.63) is 16.1 Å². The number of halogens is 4. The summed E-state index contributed by atoms with van der Waals surface area (Å²) in [6.45, 7) is 3.89. The molecule has 0 bridgehead atoms. The smallest absolute Gasteiger partial charge is 0.357 e. The molecule has 0 atom stereocenters. The number of rotatable bonds is 7. The van der Waals surface area contributed by atoms with Gasteiger partial charge in [0.1, 0.15) is 0 Å². The Morgan fingerprint density at radius 1 is 1.41 bits per heavy atom. The van der Waals surface area contributed by atoms with Gasteiger partial charge in [0, 0.05) is 30.6 Å². The van der Waals surface area contributed by atoms with Gasteiger partial charge in [0.25, 0.3) is 0 Å². The van der Waals surface area contributed by atoms with Crippen LogP contribution in [0.15, 0.2) is 10.4 Å². The highest BCUT2D eigenvalue weighted by atomic mass is 127. The summed E-state index contributed by atoms with van der Waals surface area (Å²) >= 11 is 2.74. The highest BCUT2D eigenvalue weighted by molar-refractivity contribution is 14.0. The van der Waals surface area contributed by atoms with Crippen molar-refractivity contribution in [3.8, 4) is 0 Å². The molecule has 0 fully saturated rings. The Balaban J connectivity index is 0.00000441. The molecule has 1 aromatic heterocycles. The molecule has 0 spiro atoms. The van der Waals surface area contributed by atoms with Crippen LogP contribution in [0.1, 0.15) is 17.6 Å². The van der Waals surface area contributed by atoms with E-state index in [0.717, 1.165) is 29.0 Å². The van der Waals surface area contributed by atoms with Crippen LogP contribution in [0.5, 0.6) is 0 Å². The fraction of sp³-hybridized carbons (Fsp3) is 0.667. The minimum Gasteiger partial charge on any atom is -0.357 e. The molecule has 0 aromatic carbocycles. The lowest BCUT2D eigenvalue weighted by atomic mass is 10.4. The molecule has 0 aliphatic heterocycles. The molecule has 1 aromatic rings. The predicted octanol–water partition coefficient (Wildman–Crippen LogP) is 3.24. The topological polar surface area (TPSA) is 49.3 Å². The van der Waals surface area contributed by atoms with Crippen molar-refractivity contribution in [2.75, 3.05) is 31.6 Å². The Morgan fingerprint density at radius 3 is 2.68 bits per heavy atom. The quantitative estimate of drug-likeness (QED) is 0.279. The zero-order chi connectivity index (χ0) is 15.7. The minimum atomic E-state index is -4.36. The van der Waals surface area contributed by atoms with Crippen LogP contribution in [-0.4, -0.2) is 42.6 Å². The minimum absolute atomic E-state index is 0. The molecule has 1 rings (SSSR count). The van der Waals surface area contributed by atoms with E-state index in [9.17, 15) is 13.2 Å². The van der Waals surface area contributed by atoms with Gasteiger partial charge < -0.3 is 10.6 Å². The summed E-state index contributed by atoms with van der Waals surface area (Å²) in [6, 6.07) is 0. The van der Waals surface area contributed by atoms with E-state index in [1.54, 1.807) is 11.8 Å². The Kier molecular flexibility index (Phi) is 11.2. The second-order valence-electron chi connectivity index (χ2n) is 4.05. The van der Waals surface area contributed by atoms with E-state index >= 15 is 0 Å². The molecule has 0 radical (unpaired) electrons. The average molecular weight is 468 g/mol. The predicted molar refractivity (Wildman–Crippen MR) is 98.6 cm³/mol. The highest BCUT2D eigenvalue weighted by Crippen LogP contribution is 2.29. The summed E-state index contributed by atoms with van der Waals surface area (Å²) in [4.78, 5) is 7.95. The fourth-order valence-corrected chi connectivity index (χ4v) is 2.51. The van der Waals surface area contributed by atoms with Crippen molar-refractivity contribution < 1.29 is 13.2 Å². The summed E-state index contributed by atoms with van der Waals surface area (Å²) in [6.07, 6.45) is -1.92. The van der Waals surface area contributed by atoms with Gasteiger partial charge in [-0.25, -0.2) is 4.98 Å². The first-order chi connectivity index (χ1) is 9.97. The Morgan fingerprint density at radius 2 is 2.14 bits per heavy atom. The van der Waals surface area contributed by atoms with Gasteiger partial charge in [0.05, 0.1) is 11.6 Å². The third-order valence-corrected chi connectivity index (χ3v) is 3.88. The molecule has 4 nitrogen and oxygen atoms in total. The van der Waals surface area contributed by atoms with Gasteiger partial charge in [-0.1, -0.05) is 0 Å². The number of thioether (sulfide) groups is 1. The SMILES string of the molecule is CCNC(=NCCSC)NCCc1nc(C(F)(F)F)cs1.I. The van der Waals surface area contributed by atoms with Crippen molar-refractivity contribution in [2.45, 2.75) is 19.5 Å². The van der Waals surface area contributed by atoms with Crippen LogP contribution >= 0.6 is 47.1 Å². The van der Waals surface area contributed by atoms with E-state index in [0.29, 0.717) is 30.5 Å². The van der Waals surface area contributed by atoms with Crippen molar-refractivity contribution in [1.29, 1.82) is 0 Å². The average Bonchev–Trinajstić information content (AvgIpc) is 2.88. The number of hydrogen-bond acceptors (Lipinski definition) is 4. The van der Waals surface area contributed by atoms with E-state index < -0.39 is 11.9 Å². The van der Waals surface area contributed by atoms with Gasteiger partial charge in [0.15, 0.2) is 11.7 Å². The van der Waals surface area contributed by atoms with Crippen LogP contribution in [0.25, 0.3) is 0 Å². The number of guanidine groups is 1. The number of nitrogens with zero attached hydrogens (tertiary/aromatic N) is 2. The summed E-state index contributed by atoms with van der Waals surface area (Å²) in [7, 11) is 0. The Hall–Kier alpha value is -0.230. The van der Waals surface area contributed by atoms with Gasteiger partial charge in [-0.3, -0.25) is 4.99 Å². The molecule has 0 unspecified atom stereocenters. The number of nitrogens with one attached hydrogen (secondary N) is 2. The number of alkyl halides is 3. The normalized spacial score (nSPS) is 12.0. The second-order valence-corrected chi connectivity index (χ2v) is 5.98. The van der Waals surface area contributed by atoms with Crippen molar-refractivity contribution in [1.82, 2.24) is 15.6 Å². The van der Waals surface area contributed by atoms with Crippen LogP contribution in [0.2, 0.25) is 0 Å². The third-order valence-electron chi connectivity index (χ3n) is 2.38. The molecule has 10 heteroatoms. The third kappa shape index (κ3) is 8.42. The van der Waals surface area contributed by atoms with E-state index in [1.165, 1.54) is 0 Å². The van der Waals surface area contributed by atoms with Crippen LogP contribution in [0.3, 0.4) is 0 Å². The monoisotopic (exact) mass is 468 g/mol. The van der Waals surface area contributed by atoms with Crippen LogP contribution < -0.4 is 10.6 Å². The summed E-state index contributed by atoms with van der Waals surface area (Å²) in [5.41, 5.74) is -0.817. The van der Waals surface area contributed by atoms with Crippen molar-refractivity contribution in [2.24, 2.45) is 4.99 Å². The van der Waals surface area contributed by atoms with Crippen molar-refractivity contribution in [3.63, 3.8) is 0 Å². The van der Waals surface area contributed by atoms with E-state index in [1.807, 2.05) is 13.2 Å². The van der Waals surface area contributed by atoms with E-state index in [2.05, 4.69) is 20.6 Å². The first-order valence-electron chi connectivity index (χ1n) is 6.50. The fourth-order valence-electron chi connectivity index (χ4n) is 1.43. The summed E-state index contributed by atoms with van der Waals surface area (Å²) in [5, 5.41) is 7.70. The first-order valence-corrected chi connectivity index (χ1v) is 8.77. The molecule has 0 saturated carbocycles. The molecule has 22 heavy (non-hydrogen) atoms. The summed E-state index contributed by atoms with van der Waals surface area (Å²) in [5.74, 6) is 1.61. The lowest BCUT2D eigenvalue weighted by molar-refractivity contribution is -0.140. The standard InChI is InChI=1S/C12H19F3N4S2.HI/c1-3-16-11(18-6-7-20-2)17-5-4-10-19-9(8-21-10)12(13,14)15;/h8H,3-7H2,1-2H3,(H2,16,17,18);1H. The van der Waals surface area contributed by atoms with Crippen LogP contribution in [-0.2, 0) is 12.6 Å². The zero-order valence-electron chi connectivity index (χ0n) is 12.4. The van der Waals surface area contributed by atoms with Gasteiger partial charge in [-0.2, -0.15) is 24.9 Å². The van der Waals surface area contributed by atoms with Crippen molar-refractivity contribution >= 4 is 53.0 Å². The maximum absolute atomic E-state index is 12.4. The second kappa shape index (κ2) is 11.3. The van der Waals surface area contributed by atoms with E-state index in [4.69, 9.17) is 0 Å². The number of hydrogen-bond donors (Lipinski definition) is 2. The Bertz CT molecular complexity index is 452. The molecule has 1 heterocycles. The first kappa shape index (κ1) is 21.8. The van der Waals surface area contributed by atoms with E-state index in [-0.39, 0.29) is 24.0 Å². The molecule has 0 aliphatic rings. The van der Waals surface area contributed by atoms with Crippen LogP contribution in [0.4, 0.5) is 13.2 Å². The molecule has 0 saturated heterocycles. The number of aliphatic imine (C=N–C) groups is 1. The molecular weight excluding hydrogens is 448 g/mol. The Labute approximate surface area is 153 Å². The lowest BCUT2D eigenvalue weighted by Gasteiger charge is -2.10. The van der Waals surface area contributed by atoms with Gasteiger partial charge >= 0.3 is 6.18 Å². The maximum atomic E-state index is 12.4. The molecule has 0 aliphatic carbocycles.